The second-order valence-corrected chi connectivity index (χ2v) is 6.06. The van der Waals surface area contributed by atoms with Gasteiger partial charge in [-0.1, -0.05) is 24.3 Å². The average molecular weight is 384 g/mol. The van der Waals surface area contributed by atoms with Crippen LogP contribution in [0, 0.1) is 11.3 Å². The first-order valence-electron chi connectivity index (χ1n) is 8.14. The number of benzene rings is 1. The summed E-state index contributed by atoms with van der Waals surface area (Å²) in [4.78, 5) is 19.5. The lowest BCUT2D eigenvalue weighted by Gasteiger charge is -2.20. The van der Waals surface area contributed by atoms with E-state index in [0.717, 1.165) is 27.8 Å². The Balaban J connectivity index is 1.73. The smallest absolute Gasteiger partial charge is 0.273 e. The van der Waals surface area contributed by atoms with Gasteiger partial charge in [-0.2, -0.15) is 18.4 Å². The molecular formula is C18H11F3N6O. The van der Waals surface area contributed by atoms with E-state index in [1.165, 1.54) is 11.1 Å². The molecule has 1 aliphatic heterocycles. The number of nitriles is 1. The fourth-order valence-electron chi connectivity index (χ4n) is 3.07. The van der Waals surface area contributed by atoms with E-state index in [0.29, 0.717) is 5.69 Å². The second-order valence-electron chi connectivity index (χ2n) is 6.06. The molecule has 3 aromatic rings. The van der Waals surface area contributed by atoms with Gasteiger partial charge in [0.15, 0.2) is 11.5 Å². The van der Waals surface area contributed by atoms with Crippen LogP contribution in [0.15, 0.2) is 48.8 Å². The number of alkyl halides is 3. The summed E-state index contributed by atoms with van der Waals surface area (Å²) in [6, 6.07) is 9.67. The number of halogens is 3. The van der Waals surface area contributed by atoms with E-state index in [2.05, 4.69) is 21.3 Å². The summed E-state index contributed by atoms with van der Waals surface area (Å²) in [5.41, 5.74) is -0.716. The zero-order valence-corrected chi connectivity index (χ0v) is 14.1. The van der Waals surface area contributed by atoms with Gasteiger partial charge in [0.1, 0.15) is 6.04 Å². The molecular weight excluding hydrogens is 373 g/mol. The molecule has 1 aromatic carbocycles. The van der Waals surface area contributed by atoms with Gasteiger partial charge in [0.25, 0.3) is 0 Å². The number of urea groups is 1. The number of pyridine rings is 1. The number of fused-ring (bicyclic) bond motifs is 1. The van der Waals surface area contributed by atoms with E-state index in [1.54, 1.807) is 18.3 Å². The van der Waals surface area contributed by atoms with Crippen molar-refractivity contribution in [1.82, 2.24) is 15.2 Å². The number of hydrogen-bond acceptors (Lipinski definition) is 5. The quantitative estimate of drug-likeness (QED) is 0.676. The lowest BCUT2D eigenvalue weighted by atomic mass is 10.1. The van der Waals surface area contributed by atoms with Crippen LogP contribution in [0.4, 0.5) is 29.5 Å². The minimum absolute atomic E-state index is 0.0569. The Labute approximate surface area is 156 Å². The number of nitrogens with zero attached hydrogens (tertiary/aromatic N) is 6. The molecule has 28 heavy (non-hydrogen) atoms. The van der Waals surface area contributed by atoms with Crippen molar-refractivity contribution in [3.8, 4) is 6.07 Å². The second kappa shape index (κ2) is 6.45. The summed E-state index contributed by atoms with van der Waals surface area (Å²) in [6.07, 6.45) is -1.51. The summed E-state index contributed by atoms with van der Waals surface area (Å²) in [5, 5.41) is 17.7. The Hall–Kier alpha value is -3.74. The molecule has 0 radical (unpaired) electrons. The van der Waals surface area contributed by atoms with E-state index in [9.17, 15) is 23.2 Å². The number of carbonyl (C=O) groups is 1. The van der Waals surface area contributed by atoms with Crippen LogP contribution in [0.5, 0.6) is 0 Å². The van der Waals surface area contributed by atoms with Gasteiger partial charge < -0.3 is 0 Å². The zero-order chi connectivity index (χ0) is 19.9. The number of hydrogen-bond donors (Lipinski definition) is 0. The molecule has 2 aromatic heterocycles. The lowest BCUT2D eigenvalue weighted by molar-refractivity contribution is -0.141. The van der Waals surface area contributed by atoms with E-state index in [1.807, 2.05) is 12.1 Å². The van der Waals surface area contributed by atoms with Crippen molar-refractivity contribution < 1.29 is 18.0 Å². The van der Waals surface area contributed by atoms with Crippen molar-refractivity contribution in [3.05, 3.63) is 54.5 Å². The Bertz CT molecular complexity index is 1090. The zero-order valence-electron chi connectivity index (χ0n) is 14.1. The molecule has 140 valence electrons. The van der Waals surface area contributed by atoms with Gasteiger partial charge >= 0.3 is 12.2 Å². The van der Waals surface area contributed by atoms with E-state index in [4.69, 9.17) is 0 Å². The van der Waals surface area contributed by atoms with Crippen LogP contribution in [0.2, 0.25) is 0 Å². The van der Waals surface area contributed by atoms with Crippen LogP contribution < -0.4 is 9.80 Å². The highest BCUT2D eigenvalue weighted by Crippen LogP contribution is 2.33. The molecule has 0 aliphatic carbocycles. The summed E-state index contributed by atoms with van der Waals surface area (Å²) in [5.74, 6) is -0.0612. The normalized spacial score (nSPS) is 17.2. The summed E-state index contributed by atoms with van der Waals surface area (Å²) < 4.78 is 38.0. The molecule has 0 saturated carbocycles. The third kappa shape index (κ3) is 2.87. The molecule has 0 spiro atoms. The Morgan fingerprint density at radius 1 is 1.11 bits per heavy atom. The maximum atomic E-state index is 13.0. The van der Waals surface area contributed by atoms with Crippen molar-refractivity contribution in [2.24, 2.45) is 0 Å². The third-order valence-electron chi connectivity index (χ3n) is 4.38. The number of anilines is 2. The van der Waals surface area contributed by atoms with Crippen molar-refractivity contribution >= 4 is 28.3 Å². The monoisotopic (exact) mass is 384 g/mol. The highest BCUT2D eigenvalue weighted by Gasteiger charge is 2.41. The fraction of sp³-hybridized carbons (Fsp3) is 0.167. The van der Waals surface area contributed by atoms with E-state index in [-0.39, 0.29) is 12.4 Å². The molecule has 3 heterocycles. The van der Waals surface area contributed by atoms with Gasteiger partial charge in [-0.15, -0.1) is 10.2 Å². The van der Waals surface area contributed by atoms with Crippen molar-refractivity contribution in [2.45, 2.75) is 12.2 Å². The van der Waals surface area contributed by atoms with Crippen LogP contribution in [0.25, 0.3) is 10.8 Å². The van der Waals surface area contributed by atoms with Gasteiger partial charge in [-0.25, -0.2) is 4.79 Å². The molecule has 4 rings (SSSR count). The number of amides is 2. The van der Waals surface area contributed by atoms with Crippen molar-refractivity contribution in [1.29, 1.82) is 5.26 Å². The predicted octanol–water partition coefficient (Wildman–Crippen LogP) is 3.38. The lowest BCUT2D eigenvalue weighted by Crippen LogP contribution is -2.35. The Morgan fingerprint density at radius 3 is 2.57 bits per heavy atom. The van der Waals surface area contributed by atoms with Gasteiger partial charge in [0.05, 0.1) is 24.5 Å². The molecule has 1 saturated heterocycles. The summed E-state index contributed by atoms with van der Waals surface area (Å²) in [6.45, 7) is -0.0569. The SMILES string of the molecule is N#C[C@@H]1CN(c2ccc(C(F)(F)F)nn2)C(=O)N1c1cncc2ccccc12. The van der Waals surface area contributed by atoms with Crippen LogP contribution in [0.1, 0.15) is 5.69 Å². The summed E-state index contributed by atoms with van der Waals surface area (Å²) in [7, 11) is 0. The molecule has 0 bridgehead atoms. The van der Waals surface area contributed by atoms with Crippen LogP contribution in [-0.4, -0.2) is 33.8 Å². The first-order chi connectivity index (χ1) is 13.4. The standard InChI is InChI=1S/C18H11F3N6O/c19-18(20,21)15-5-6-16(25-24-15)26-10-12(7-22)27(17(26)28)14-9-23-8-11-3-1-2-4-13(11)14/h1-6,8-9,12H,10H2/t12-/m1/s1. The first-order valence-corrected chi connectivity index (χ1v) is 8.14. The minimum atomic E-state index is -4.63. The number of rotatable bonds is 2. The Morgan fingerprint density at radius 2 is 1.89 bits per heavy atom. The predicted molar refractivity (Wildman–Crippen MR) is 93.4 cm³/mol. The highest BCUT2D eigenvalue weighted by molar-refractivity contribution is 6.11. The topological polar surface area (TPSA) is 86.0 Å². The van der Waals surface area contributed by atoms with Crippen LogP contribution in [-0.2, 0) is 6.18 Å². The largest absolute Gasteiger partial charge is 0.435 e. The van der Waals surface area contributed by atoms with Gasteiger partial charge in [-0.05, 0) is 12.1 Å². The molecule has 1 fully saturated rings. The molecule has 2 amide bonds. The molecule has 10 heteroatoms. The fourth-order valence-corrected chi connectivity index (χ4v) is 3.07. The van der Waals surface area contributed by atoms with Crippen LogP contribution >= 0.6 is 0 Å². The molecule has 1 atom stereocenters. The maximum absolute atomic E-state index is 13.0. The number of aromatic nitrogens is 3. The van der Waals surface area contributed by atoms with E-state index < -0.39 is 23.9 Å². The maximum Gasteiger partial charge on any atom is 0.435 e. The molecule has 1 aliphatic rings. The van der Waals surface area contributed by atoms with Gasteiger partial charge in [-0.3, -0.25) is 14.8 Å². The molecule has 7 nitrogen and oxygen atoms in total. The highest BCUT2D eigenvalue weighted by atomic mass is 19.4. The third-order valence-corrected chi connectivity index (χ3v) is 4.38. The van der Waals surface area contributed by atoms with Gasteiger partial charge in [0.2, 0.25) is 0 Å². The van der Waals surface area contributed by atoms with E-state index >= 15 is 0 Å². The van der Waals surface area contributed by atoms with Crippen molar-refractivity contribution in [2.75, 3.05) is 16.3 Å². The van der Waals surface area contributed by atoms with Crippen molar-refractivity contribution in [3.63, 3.8) is 0 Å². The van der Waals surface area contributed by atoms with Gasteiger partial charge in [0, 0.05) is 17.0 Å². The summed E-state index contributed by atoms with van der Waals surface area (Å²) >= 11 is 0. The first kappa shape index (κ1) is 17.7. The number of carbonyl (C=O) groups excluding carboxylic acids is 1. The Kier molecular flexibility index (Phi) is 4.07. The molecule has 0 unspecified atom stereocenters. The average Bonchev–Trinajstić information content (AvgIpc) is 3.03. The minimum Gasteiger partial charge on any atom is -0.273 e. The van der Waals surface area contributed by atoms with Crippen LogP contribution in [0.3, 0.4) is 0 Å². The molecule has 0 N–H and O–H groups in total.